The molecule has 0 atom stereocenters. The quantitative estimate of drug-likeness (QED) is 0.0513. The van der Waals surface area contributed by atoms with Gasteiger partial charge in [-0.2, -0.15) is 0 Å². The number of rotatable bonds is 24. The lowest BCUT2D eigenvalue weighted by atomic mass is 10.1. The zero-order valence-corrected chi connectivity index (χ0v) is 62.4. The Hall–Kier alpha value is 7.94. The molecule has 1 saturated heterocycles. The molecule has 332 valence electrons. The molecule has 1 fully saturated rings. The number of hydrogen-bond acceptors (Lipinski definition) is 0. The predicted molar refractivity (Wildman–Crippen MR) is 300 cm³/mol. The van der Waals surface area contributed by atoms with Crippen LogP contribution in [-0.4, -0.2) is 87.4 Å². The summed E-state index contributed by atoms with van der Waals surface area (Å²) in [6.07, 6.45) is 22.1. The van der Waals surface area contributed by atoms with Gasteiger partial charge in [-0.3, -0.25) is 0 Å². The second-order valence-corrected chi connectivity index (χ2v) is 172. The molecule has 0 bridgehead atoms. The van der Waals surface area contributed by atoms with Gasteiger partial charge in [0.1, 0.15) is 0 Å². The highest BCUT2D eigenvalue weighted by Gasteiger charge is 2.90. The van der Waals surface area contributed by atoms with Crippen molar-refractivity contribution in [3.05, 3.63) is 0 Å². The van der Waals surface area contributed by atoms with Gasteiger partial charge >= 0.3 is 0 Å². The highest BCUT2D eigenvalue weighted by atomic mass is 80.0. The molecule has 0 aromatic heterocycles. The van der Waals surface area contributed by atoms with Gasteiger partial charge in [0.15, 0.2) is 0 Å². The molecule has 1 aliphatic rings. The topological polar surface area (TPSA) is 0 Å². The van der Waals surface area contributed by atoms with E-state index in [4.69, 9.17) is 0 Å². The molecule has 0 aromatic carbocycles. The second-order valence-electron chi connectivity index (χ2n) is 14.7. The average molecular weight is 1770 g/mol. The maximum atomic E-state index is 4.06. The number of quaternary nitrogens is 2. The first-order valence-corrected chi connectivity index (χ1v) is 65.0. The molecule has 0 saturated carbocycles. The van der Waals surface area contributed by atoms with Crippen molar-refractivity contribution in [1.29, 1.82) is 0 Å². The van der Waals surface area contributed by atoms with Crippen LogP contribution in [0.4, 0.5) is 0 Å². The molecular weight excluding hydrogens is 1700 g/mol. The van der Waals surface area contributed by atoms with Crippen molar-refractivity contribution in [2.24, 2.45) is 0 Å². The molecule has 1 aliphatic heterocycles. The van der Waals surface area contributed by atoms with Crippen molar-refractivity contribution >= 4 is 210 Å². The molecular formula is C32H72Br14N2Si6. The lowest BCUT2D eigenvalue weighted by molar-refractivity contribution is -0.929. The first-order chi connectivity index (χ1) is 24.0. The van der Waals surface area contributed by atoms with Crippen LogP contribution in [0.2, 0.25) is 0 Å². The molecule has 0 amide bonds. The van der Waals surface area contributed by atoms with E-state index >= 15 is 0 Å². The van der Waals surface area contributed by atoms with E-state index in [2.05, 4.69) is 239 Å². The Morgan fingerprint density at radius 2 is 0.333 bits per heavy atom. The van der Waals surface area contributed by atoms with Crippen LogP contribution in [-0.2, 0) is 0 Å². The number of halogens is 14. The van der Waals surface area contributed by atoms with Crippen molar-refractivity contribution in [2.45, 2.75) is 158 Å². The summed E-state index contributed by atoms with van der Waals surface area (Å²) < 4.78 is -8.71. The predicted octanol–water partition coefficient (Wildman–Crippen LogP) is 11.9. The Bertz CT molecular complexity index is 712. The summed E-state index contributed by atoms with van der Waals surface area (Å²) in [6, 6.07) is 0. The number of hydrogen-bond donors (Lipinski definition) is 0. The highest BCUT2D eigenvalue weighted by Crippen LogP contribution is 2.71. The van der Waals surface area contributed by atoms with Gasteiger partial charge in [0.25, 0.3) is 0 Å². The Morgan fingerprint density at radius 1 is 0.241 bits per heavy atom. The van der Waals surface area contributed by atoms with E-state index in [0.29, 0.717) is 0 Å². The first-order valence-electron chi connectivity index (χ1n) is 20.0. The van der Waals surface area contributed by atoms with Gasteiger partial charge in [-0.15, -0.1) is 184 Å². The van der Waals surface area contributed by atoms with E-state index in [0.717, 1.165) is 0 Å². The summed E-state index contributed by atoms with van der Waals surface area (Å²) in [5.74, 6) is 0. The molecule has 2 nitrogen and oxygen atoms in total. The van der Waals surface area contributed by atoms with Crippen LogP contribution >= 0.6 is 184 Å². The van der Waals surface area contributed by atoms with E-state index < -0.39 is 26.1 Å². The third-order valence-electron chi connectivity index (χ3n) is 10.3. The zero-order chi connectivity index (χ0) is 41.0. The molecule has 0 aromatic rings. The smallest absolute Gasteiger partial charge is 0.229 e. The minimum absolute atomic E-state index is 0. The second kappa shape index (κ2) is 34.3. The normalized spacial score (nSPS) is 18.9. The summed E-state index contributed by atoms with van der Waals surface area (Å²) in [5, 5.41) is 0. The van der Waals surface area contributed by atoms with Crippen LogP contribution in [0.5, 0.6) is 0 Å². The van der Waals surface area contributed by atoms with Crippen LogP contribution in [0.15, 0.2) is 0 Å². The van der Waals surface area contributed by atoms with Crippen molar-refractivity contribution in [1.82, 2.24) is 0 Å². The van der Waals surface area contributed by atoms with Crippen molar-refractivity contribution in [3.63, 3.8) is 0 Å². The summed E-state index contributed by atoms with van der Waals surface area (Å²) in [6.45, 7) is 30.0. The average Bonchev–Trinajstić information content (AvgIpc) is 3.10. The van der Waals surface area contributed by atoms with E-state index in [1.54, 1.807) is 0 Å². The van der Waals surface area contributed by atoms with Gasteiger partial charge in [-0.05, 0) is 51.4 Å². The fraction of sp³-hybridized carbons (Fsp3) is 1.00. The fourth-order valence-corrected chi connectivity index (χ4v) is 602. The Balaban J connectivity index is -0.000000341. The molecule has 54 heavy (non-hydrogen) atoms. The third-order valence-corrected chi connectivity index (χ3v) is 406. The summed E-state index contributed by atoms with van der Waals surface area (Å²) >= 11 is 48.7. The van der Waals surface area contributed by atoms with Crippen molar-refractivity contribution in [3.8, 4) is 0 Å². The largest absolute Gasteiger partial charge is 1.00 e. The standard InChI is InChI=1S/2C16H36N.Br12Si6.2BrH/c2*1-5-9-13-17(14-10-6-2,15-11-7-3)16-12-8-4;1-13(2)14(3,4)16(7,8)18(11,12)17(9,10)15(13,5)6;;/h2*5-16H2,1-4H3;;2*1H/q2*+1;;;/p-2. The SMILES string of the molecule is Br[Si]1(Br)[Si](Br)(Br)[Si](Br)(Br)[Si](Br)(Br)[Si](Br)(Br)[Si]1(Br)Br.CCCC[N+](CCCC)(CCCC)CCCC.CCCC[N+](CCCC)(CCCC)CCCC.[Br-].[Br-]. The van der Waals surface area contributed by atoms with Gasteiger partial charge in [-0.25, -0.2) is 0 Å². The van der Waals surface area contributed by atoms with E-state index in [9.17, 15) is 0 Å². The van der Waals surface area contributed by atoms with Gasteiger partial charge in [-0.1, -0.05) is 107 Å². The van der Waals surface area contributed by atoms with Crippen LogP contribution in [0.3, 0.4) is 0 Å². The van der Waals surface area contributed by atoms with E-state index in [-0.39, 0.29) is 34.0 Å². The molecule has 22 heteroatoms. The van der Waals surface area contributed by atoms with Crippen molar-refractivity contribution < 1.29 is 42.9 Å². The monoisotopic (exact) mass is 1760 g/mol. The summed E-state index contributed by atoms with van der Waals surface area (Å²) in [4.78, 5) is 0. The minimum atomic E-state index is -1.93. The number of nitrogens with zero attached hydrogens (tertiary/aromatic N) is 2. The molecule has 0 N–H and O–H groups in total. The minimum Gasteiger partial charge on any atom is -1.00 e. The Kier molecular flexibility index (Phi) is 43.5. The molecule has 0 radical (unpaired) electrons. The van der Waals surface area contributed by atoms with Crippen LogP contribution in [0.25, 0.3) is 0 Å². The molecule has 1 rings (SSSR count). The number of unbranched alkanes of at least 4 members (excludes halogenated alkanes) is 8. The molecule has 0 aliphatic carbocycles. The lowest BCUT2D eigenvalue weighted by Gasteiger charge is -2.58. The maximum absolute atomic E-state index is 4.06. The Morgan fingerprint density at radius 3 is 0.407 bits per heavy atom. The zero-order valence-electron chi connectivity index (χ0n) is 34.2. The van der Waals surface area contributed by atoms with Gasteiger partial charge in [0.05, 0.1) is 52.4 Å². The van der Waals surface area contributed by atoms with Gasteiger partial charge in [0.2, 0.25) is 26.1 Å². The van der Waals surface area contributed by atoms with Gasteiger partial charge < -0.3 is 42.9 Å². The van der Waals surface area contributed by atoms with Crippen LogP contribution in [0.1, 0.15) is 158 Å². The molecule has 1 heterocycles. The highest BCUT2D eigenvalue weighted by molar-refractivity contribution is 9.89. The van der Waals surface area contributed by atoms with E-state index in [1.165, 1.54) is 164 Å². The molecule has 0 spiro atoms. The fourth-order valence-electron chi connectivity index (χ4n) is 6.47. The van der Waals surface area contributed by atoms with Gasteiger partial charge in [0, 0.05) is 0 Å². The van der Waals surface area contributed by atoms with Crippen molar-refractivity contribution in [2.75, 3.05) is 52.4 Å². The summed E-state index contributed by atoms with van der Waals surface area (Å²) in [5.41, 5.74) is 0. The summed E-state index contributed by atoms with van der Waals surface area (Å²) in [7, 11) is 0. The molecule has 0 unspecified atom stereocenters. The van der Waals surface area contributed by atoms with Crippen LogP contribution in [0, 0.1) is 0 Å². The first kappa shape index (κ1) is 68.5. The Labute approximate surface area is 455 Å². The van der Waals surface area contributed by atoms with Crippen LogP contribution < -0.4 is 34.0 Å². The maximum Gasteiger partial charge on any atom is 0.229 e. The third kappa shape index (κ3) is 20.0. The lowest BCUT2D eigenvalue weighted by Crippen LogP contribution is -3.00. The van der Waals surface area contributed by atoms with E-state index in [1.807, 2.05) is 0 Å².